The molecule has 1 aliphatic heterocycles. The lowest BCUT2D eigenvalue weighted by Gasteiger charge is -2.24. The van der Waals surface area contributed by atoms with Crippen molar-refractivity contribution in [3.8, 4) is 45.6 Å². The number of benzene rings is 8. The summed E-state index contributed by atoms with van der Waals surface area (Å²) in [5, 5.41) is 13.3. The normalized spacial score (nSPS) is 13.9. The Morgan fingerprint density at radius 2 is 0.750 bits per heavy atom. The van der Waals surface area contributed by atoms with E-state index in [-0.39, 0.29) is 0 Å². The van der Waals surface area contributed by atoms with Crippen LogP contribution in [0.4, 0.5) is 11.4 Å². The Bertz CT molecular complexity index is 2620. The Hall–Kier alpha value is -7.32. The van der Waals surface area contributed by atoms with Gasteiger partial charge in [0.15, 0.2) is 23.0 Å². The molecule has 322 valence electrons. The molecule has 9 rings (SSSR count). The number of fused-ring (bicyclic) bond motifs is 9. The number of nitrogens with zero attached hydrogens (tertiary/aromatic N) is 2. The third kappa shape index (κ3) is 10.3. The first kappa shape index (κ1) is 42.0. The molecule has 0 fully saturated rings. The molecule has 8 nitrogen and oxygen atoms in total. The molecule has 64 heavy (non-hydrogen) atoms. The van der Waals surface area contributed by atoms with Crippen LogP contribution in [0.5, 0.6) is 34.5 Å². The maximum Gasteiger partial charge on any atom is 0.169 e. The molecule has 1 heterocycles. The summed E-state index contributed by atoms with van der Waals surface area (Å²) < 4.78 is 40.1. The first-order valence-electron chi connectivity index (χ1n) is 22.3. The standard InChI is InChI=1S/C56H52N2O6/c1-5-21-41(22-6-1)39-63-51-37-43-25-9-11-27-45(43)53-54-46-28-12-10-26-44(46)38-52(64-40-42-23-7-2-8-24-42)56(54)62-36-20-4-18-34-60-50-32-16-14-30-48(50)58-57-47-29-13-15-31-49(47)59-33-17-3-19-35-61-55(51)53/h1-2,5-16,21-32,37-38H,3-4,17-20,33-36,39-40H2. The number of azo groups is 1. The van der Waals surface area contributed by atoms with Gasteiger partial charge >= 0.3 is 0 Å². The van der Waals surface area contributed by atoms with Crippen molar-refractivity contribution in [1.29, 1.82) is 0 Å². The van der Waals surface area contributed by atoms with Crippen LogP contribution in [0.3, 0.4) is 0 Å². The number of ether oxygens (including phenoxy) is 6. The van der Waals surface area contributed by atoms with E-state index in [1.165, 1.54) is 0 Å². The quantitative estimate of drug-likeness (QED) is 0.166. The van der Waals surface area contributed by atoms with E-state index in [0.29, 0.717) is 85.5 Å². The molecule has 8 heteroatoms. The van der Waals surface area contributed by atoms with Gasteiger partial charge in [-0.25, -0.2) is 0 Å². The molecule has 0 atom stereocenters. The minimum absolute atomic E-state index is 0.382. The monoisotopic (exact) mass is 848 g/mol. The predicted octanol–water partition coefficient (Wildman–Crippen LogP) is 14.8. The summed E-state index contributed by atoms with van der Waals surface area (Å²) in [6.45, 7) is 2.76. The van der Waals surface area contributed by atoms with Crippen LogP contribution < -0.4 is 28.4 Å². The van der Waals surface area contributed by atoms with Crippen LogP contribution in [0, 0.1) is 0 Å². The molecule has 0 aliphatic carbocycles. The van der Waals surface area contributed by atoms with Gasteiger partial charge in [-0.05, 0) is 108 Å². The molecule has 0 bridgehead atoms. The van der Waals surface area contributed by atoms with Crippen molar-refractivity contribution in [2.75, 3.05) is 26.4 Å². The Morgan fingerprint density at radius 1 is 0.375 bits per heavy atom. The molecule has 0 N–H and O–H groups in total. The maximum atomic E-state index is 7.01. The molecular formula is C56H52N2O6. The summed E-state index contributed by atoms with van der Waals surface area (Å²) in [5.74, 6) is 4.06. The van der Waals surface area contributed by atoms with E-state index in [4.69, 9.17) is 28.4 Å². The van der Waals surface area contributed by atoms with Gasteiger partial charge in [0.25, 0.3) is 0 Å². The van der Waals surface area contributed by atoms with Gasteiger partial charge in [-0.3, -0.25) is 0 Å². The summed E-state index contributed by atoms with van der Waals surface area (Å²) in [6, 6.07) is 57.1. The first-order chi connectivity index (χ1) is 31.8. The van der Waals surface area contributed by atoms with Crippen molar-refractivity contribution in [2.24, 2.45) is 10.2 Å². The molecule has 0 amide bonds. The Morgan fingerprint density at radius 3 is 1.20 bits per heavy atom. The maximum absolute atomic E-state index is 7.01. The van der Waals surface area contributed by atoms with Crippen molar-refractivity contribution >= 4 is 32.9 Å². The van der Waals surface area contributed by atoms with Crippen molar-refractivity contribution < 1.29 is 28.4 Å². The minimum Gasteiger partial charge on any atom is -0.491 e. The summed E-state index contributed by atoms with van der Waals surface area (Å²) in [7, 11) is 0. The lowest BCUT2D eigenvalue weighted by molar-refractivity contribution is 0.250. The lowest BCUT2D eigenvalue weighted by atomic mass is 9.91. The zero-order valence-electron chi connectivity index (χ0n) is 36.0. The second-order valence-electron chi connectivity index (χ2n) is 15.8. The largest absolute Gasteiger partial charge is 0.491 e. The fourth-order valence-electron chi connectivity index (χ4n) is 7.98. The number of rotatable bonds is 6. The SMILES string of the molecule is c1ccc(COc2cc3ccccc3c3c2OCCCCCOc2ccccc2N=Nc2ccccc2OCCCCCOc2c(OCc4ccccc4)cc4ccccc4c2-3)cc1. The van der Waals surface area contributed by atoms with Gasteiger partial charge in [-0.15, -0.1) is 10.2 Å². The fraction of sp³-hybridized carbons (Fsp3) is 0.214. The van der Waals surface area contributed by atoms with Gasteiger partial charge in [-0.1, -0.05) is 133 Å². The third-order valence-corrected chi connectivity index (χ3v) is 11.2. The first-order valence-corrected chi connectivity index (χ1v) is 22.3. The van der Waals surface area contributed by atoms with Crippen LogP contribution in [-0.2, 0) is 13.2 Å². The van der Waals surface area contributed by atoms with E-state index in [1.54, 1.807) is 0 Å². The van der Waals surface area contributed by atoms with E-state index >= 15 is 0 Å². The van der Waals surface area contributed by atoms with Crippen molar-refractivity contribution in [3.63, 3.8) is 0 Å². The molecule has 0 unspecified atom stereocenters. The summed E-state index contributed by atoms with van der Waals surface area (Å²) in [5.41, 5.74) is 5.29. The third-order valence-electron chi connectivity index (χ3n) is 11.2. The zero-order chi connectivity index (χ0) is 43.2. The minimum atomic E-state index is 0.382. The van der Waals surface area contributed by atoms with Crippen LogP contribution in [0.1, 0.15) is 49.7 Å². The highest BCUT2D eigenvalue weighted by Gasteiger charge is 2.26. The van der Waals surface area contributed by atoms with Crippen LogP contribution >= 0.6 is 0 Å². The van der Waals surface area contributed by atoms with Crippen molar-refractivity contribution in [1.82, 2.24) is 0 Å². The van der Waals surface area contributed by atoms with Gasteiger partial charge in [0.2, 0.25) is 0 Å². The van der Waals surface area contributed by atoms with E-state index in [2.05, 4.69) is 95.2 Å². The molecule has 0 spiro atoms. The Labute approximate surface area is 375 Å². The van der Waals surface area contributed by atoms with E-state index in [9.17, 15) is 0 Å². The van der Waals surface area contributed by atoms with Gasteiger partial charge in [-0.2, -0.15) is 0 Å². The van der Waals surface area contributed by atoms with E-state index in [1.807, 2.05) is 84.9 Å². The van der Waals surface area contributed by atoms with Crippen molar-refractivity contribution in [2.45, 2.75) is 51.7 Å². The molecule has 8 aromatic carbocycles. The predicted molar refractivity (Wildman–Crippen MR) is 255 cm³/mol. The molecule has 8 aromatic rings. The Kier molecular flexibility index (Phi) is 13.9. The van der Waals surface area contributed by atoms with Gasteiger partial charge in [0, 0.05) is 11.1 Å². The molecule has 1 aliphatic rings. The fourth-order valence-corrected chi connectivity index (χ4v) is 7.98. The van der Waals surface area contributed by atoms with Gasteiger partial charge < -0.3 is 28.4 Å². The smallest absolute Gasteiger partial charge is 0.169 e. The van der Waals surface area contributed by atoms with Crippen LogP contribution in [0.2, 0.25) is 0 Å². The summed E-state index contributed by atoms with van der Waals surface area (Å²) in [6.07, 6.45) is 5.04. The zero-order valence-corrected chi connectivity index (χ0v) is 36.0. The highest BCUT2D eigenvalue weighted by molar-refractivity contribution is 6.11. The second-order valence-corrected chi connectivity index (χ2v) is 15.8. The highest BCUT2D eigenvalue weighted by atomic mass is 16.5. The van der Waals surface area contributed by atoms with Crippen LogP contribution in [-0.4, -0.2) is 26.4 Å². The van der Waals surface area contributed by atoms with Crippen LogP contribution in [0.15, 0.2) is 180 Å². The highest BCUT2D eigenvalue weighted by Crippen LogP contribution is 2.53. The van der Waals surface area contributed by atoms with Gasteiger partial charge in [0.05, 0.1) is 26.4 Å². The molecule has 0 aromatic heterocycles. The Balaban J connectivity index is 1.12. The second kappa shape index (κ2) is 21.2. The van der Waals surface area contributed by atoms with E-state index in [0.717, 1.165) is 82.3 Å². The number of hydrogen-bond acceptors (Lipinski definition) is 8. The van der Waals surface area contributed by atoms with E-state index < -0.39 is 0 Å². The van der Waals surface area contributed by atoms with Crippen LogP contribution in [0.25, 0.3) is 32.7 Å². The molecular weight excluding hydrogens is 797 g/mol. The number of hydrogen-bond donors (Lipinski definition) is 0. The molecule has 0 saturated carbocycles. The average molecular weight is 849 g/mol. The molecule has 0 radical (unpaired) electrons. The van der Waals surface area contributed by atoms with Crippen molar-refractivity contribution in [3.05, 3.63) is 181 Å². The summed E-state index contributed by atoms with van der Waals surface area (Å²) >= 11 is 0. The molecule has 0 saturated heterocycles. The topological polar surface area (TPSA) is 80.1 Å². The van der Waals surface area contributed by atoms with Gasteiger partial charge in [0.1, 0.15) is 36.1 Å². The lowest BCUT2D eigenvalue weighted by Crippen LogP contribution is -2.07. The number of para-hydroxylation sites is 2. The summed E-state index contributed by atoms with van der Waals surface area (Å²) in [4.78, 5) is 0. The average Bonchev–Trinajstić information content (AvgIpc) is 3.34.